The van der Waals surface area contributed by atoms with Crippen molar-refractivity contribution in [2.45, 2.75) is 58.5 Å². The third kappa shape index (κ3) is 9.62. The number of carbonyl (C=O) groups excluding carboxylic acids is 4. The smallest absolute Gasteiger partial charge is 0.255 e. The second kappa shape index (κ2) is 17.7. The van der Waals surface area contributed by atoms with Gasteiger partial charge in [-0.05, 0) is 86.4 Å². The molecule has 268 valence electrons. The molecule has 3 aromatic carbocycles. The highest BCUT2D eigenvalue weighted by atomic mass is 16.5. The van der Waals surface area contributed by atoms with Gasteiger partial charge in [0.15, 0.2) is 0 Å². The number of hydrogen-bond acceptors (Lipinski definition) is 7. The highest BCUT2D eigenvalue weighted by Crippen LogP contribution is 2.38. The zero-order valence-electron chi connectivity index (χ0n) is 30.2. The highest BCUT2D eigenvalue weighted by molar-refractivity contribution is 6.00. The Kier molecular flexibility index (Phi) is 13.4. The van der Waals surface area contributed by atoms with Crippen LogP contribution < -0.4 is 20.5 Å². The van der Waals surface area contributed by atoms with Crippen molar-refractivity contribution in [3.63, 3.8) is 0 Å². The van der Waals surface area contributed by atoms with Crippen LogP contribution in [0.4, 0.5) is 5.69 Å². The number of likely N-dealkylation sites (N-methyl/N-ethyl adjacent to an activating group) is 1. The largest absolute Gasteiger partial charge is 0.497 e. The van der Waals surface area contributed by atoms with Gasteiger partial charge in [0, 0.05) is 48.4 Å². The fourth-order valence-corrected chi connectivity index (χ4v) is 6.39. The molecule has 50 heavy (non-hydrogen) atoms. The molecular weight excluding hydrogens is 634 g/mol. The van der Waals surface area contributed by atoms with Crippen LogP contribution in [0.25, 0.3) is 0 Å². The van der Waals surface area contributed by atoms with Crippen LogP contribution in [0.2, 0.25) is 0 Å². The summed E-state index contributed by atoms with van der Waals surface area (Å²) < 4.78 is 11.1. The van der Waals surface area contributed by atoms with Crippen molar-refractivity contribution in [3.8, 4) is 11.5 Å². The number of amides is 4. The molecule has 1 aliphatic heterocycles. The van der Waals surface area contributed by atoms with Crippen molar-refractivity contribution in [2.24, 2.45) is 11.7 Å². The van der Waals surface area contributed by atoms with Gasteiger partial charge in [0.2, 0.25) is 11.8 Å². The number of ether oxygens (including phenoxy) is 2. The van der Waals surface area contributed by atoms with Crippen LogP contribution in [0.5, 0.6) is 11.5 Å². The lowest BCUT2D eigenvalue weighted by Crippen LogP contribution is -2.42. The number of hydrogen-bond donors (Lipinski definition) is 2. The van der Waals surface area contributed by atoms with Gasteiger partial charge in [-0.2, -0.15) is 0 Å². The quantitative estimate of drug-likeness (QED) is 0.197. The SMILES string of the molecule is CCCC(CCC)C(=O)Nc1ccc2c(c1)C(=O)N(Cc1ccc(C(=O)N(CCN(C)C)CC(N)=O)cc1)C(c1cc(OC)cc(OC)c1)C2. The van der Waals surface area contributed by atoms with Crippen molar-refractivity contribution in [3.05, 3.63) is 88.5 Å². The Morgan fingerprint density at radius 1 is 0.920 bits per heavy atom. The molecule has 1 aliphatic rings. The number of nitrogens with zero attached hydrogens (tertiary/aromatic N) is 3. The summed E-state index contributed by atoms with van der Waals surface area (Å²) in [6.07, 6.45) is 4.00. The van der Waals surface area contributed by atoms with Crippen LogP contribution in [-0.4, -0.2) is 86.3 Å². The fourth-order valence-electron chi connectivity index (χ4n) is 6.39. The fraction of sp³-hybridized carbons (Fsp3) is 0.436. The lowest BCUT2D eigenvalue weighted by Gasteiger charge is -2.37. The number of methoxy groups -OCH3 is 2. The molecule has 0 fully saturated rings. The number of fused-ring (bicyclic) bond motifs is 1. The van der Waals surface area contributed by atoms with Gasteiger partial charge in [-0.3, -0.25) is 19.2 Å². The number of primary amides is 1. The Bertz CT molecular complexity index is 1630. The summed E-state index contributed by atoms with van der Waals surface area (Å²) in [5.74, 6) is 0.0685. The van der Waals surface area contributed by atoms with Crippen LogP contribution in [-0.2, 0) is 22.6 Å². The molecule has 0 saturated heterocycles. The Hall–Kier alpha value is -4.90. The van der Waals surface area contributed by atoms with E-state index in [0.717, 1.165) is 42.4 Å². The van der Waals surface area contributed by atoms with Gasteiger partial charge in [0.25, 0.3) is 11.8 Å². The molecule has 1 atom stereocenters. The zero-order valence-corrected chi connectivity index (χ0v) is 30.2. The highest BCUT2D eigenvalue weighted by Gasteiger charge is 2.34. The van der Waals surface area contributed by atoms with Gasteiger partial charge in [-0.25, -0.2) is 0 Å². The molecule has 1 heterocycles. The molecule has 0 bridgehead atoms. The third-order valence-electron chi connectivity index (χ3n) is 9.07. The summed E-state index contributed by atoms with van der Waals surface area (Å²) in [6.45, 7) is 5.16. The van der Waals surface area contributed by atoms with Gasteiger partial charge in [0.05, 0.1) is 26.8 Å². The third-order valence-corrected chi connectivity index (χ3v) is 9.07. The minimum absolute atomic E-state index is 0.0270. The summed E-state index contributed by atoms with van der Waals surface area (Å²) >= 11 is 0. The summed E-state index contributed by atoms with van der Waals surface area (Å²) in [5, 5.41) is 3.06. The van der Waals surface area contributed by atoms with Crippen LogP contribution >= 0.6 is 0 Å². The molecule has 4 amide bonds. The van der Waals surface area contributed by atoms with Crippen LogP contribution in [0.3, 0.4) is 0 Å². The lowest BCUT2D eigenvalue weighted by molar-refractivity contribution is -0.120. The Labute approximate surface area is 295 Å². The maximum atomic E-state index is 14.4. The summed E-state index contributed by atoms with van der Waals surface area (Å²) in [7, 11) is 6.97. The number of nitrogens with one attached hydrogen (secondary N) is 1. The second-order valence-electron chi connectivity index (χ2n) is 13.1. The van der Waals surface area contributed by atoms with Crippen molar-refractivity contribution in [1.82, 2.24) is 14.7 Å². The molecular formula is C39H51N5O6. The normalized spacial score (nSPS) is 14.0. The van der Waals surface area contributed by atoms with E-state index in [1.54, 1.807) is 38.5 Å². The molecule has 11 heteroatoms. The summed E-state index contributed by atoms with van der Waals surface area (Å²) in [6, 6.07) is 17.9. The average molecular weight is 686 g/mol. The van der Waals surface area contributed by atoms with Crippen LogP contribution in [0, 0.1) is 5.92 Å². The first-order chi connectivity index (χ1) is 24.0. The summed E-state index contributed by atoms with van der Waals surface area (Å²) in [5.41, 5.74) is 9.54. The Morgan fingerprint density at radius 3 is 2.12 bits per heavy atom. The number of anilines is 1. The molecule has 4 rings (SSSR count). The van der Waals surface area contributed by atoms with E-state index >= 15 is 0 Å². The predicted octanol–water partition coefficient (Wildman–Crippen LogP) is 5.29. The first kappa shape index (κ1) is 37.9. The number of benzene rings is 3. The van der Waals surface area contributed by atoms with E-state index in [1.807, 2.05) is 60.3 Å². The lowest BCUT2D eigenvalue weighted by atomic mass is 9.88. The molecule has 3 aromatic rings. The zero-order chi connectivity index (χ0) is 36.4. The van der Waals surface area contributed by atoms with E-state index in [1.165, 1.54) is 4.90 Å². The average Bonchev–Trinajstić information content (AvgIpc) is 3.10. The van der Waals surface area contributed by atoms with E-state index in [9.17, 15) is 19.2 Å². The van der Waals surface area contributed by atoms with Crippen molar-refractivity contribution in [1.29, 1.82) is 0 Å². The van der Waals surface area contributed by atoms with E-state index in [4.69, 9.17) is 15.2 Å². The maximum Gasteiger partial charge on any atom is 0.255 e. The number of nitrogens with two attached hydrogens (primary N) is 1. The Morgan fingerprint density at radius 2 is 1.56 bits per heavy atom. The molecule has 3 N–H and O–H groups in total. The van der Waals surface area contributed by atoms with Gasteiger partial charge in [-0.1, -0.05) is 44.9 Å². The van der Waals surface area contributed by atoms with Crippen molar-refractivity contribution >= 4 is 29.3 Å². The molecule has 0 radical (unpaired) electrons. The Balaban J connectivity index is 1.66. The van der Waals surface area contributed by atoms with Crippen LogP contribution in [0.1, 0.15) is 83.0 Å². The van der Waals surface area contributed by atoms with E-state index in [0.29, 0.717) is 47.8 Å². The van der Waals surface area contributed by atoms with Crippen LogP contribution in [0.15, 0.2) is 60.7 Å². The van der Waals surface area contributed by atoms with Crippen molar-refractivity contribution in [2.75, 3.05) is 53.3 Å². The maximum absolute atomic E-state index is 14.4. The van der Waals surface area contributed by atoms with Gasteiger partial charge in [0.1, 0.15) is 11.5 Å². The van der Waals surface area contributed by atoms with Gasteiger partial charge in [-0.15, -0.1) is 0 Å². The predicted molar refractivity (Wildman–Crippen MR) is 194 cm³/mol. The van der Waals surface area contributed by atoms with E-state index < -0.39 is 5.91 Å². The second-order valence-corrected chi connectivity index (χ2v) is 13.1. The standard InChI is InChI=1S/C39H51N5O6/c1-7-9-27(10-8-2)37(46)41-31-16-15-29-21-35(30-19-32(49-5)23-33(20-30)50-6)44(39(48)34(29)22-31)24-26-11-13-28(14-12-26)38(47)43(25-36(40)45)18-17-42(3)4/h11-16,19-20,22-23,27,35H,7-10,17-18,21,24-25H2,1-6H3,(H2,40,45)(H,41,46). The molecule has 0 saturated carbocycles. The van der Waals surface area contributed by atoms with E-state index in [-0.39, 0.29) is 42.8 Å². The van der Waals surface area contributed by atoms with Gasteiger partial charge >= 0.3 is 0 Å². The molecule has 11 nitrogen and oxygen atoms in total. The molecule has 1 unspecified atom stereocenters. The first-order valence-corrected chi connectivity index (χ1v) is 17.3. The minimum Gasteiger partial charge on any atom is -0.497 e. The van der Waals surface area contributed by atoms with Crippen molar-refractivity contribution < 1.29 is 28.7 Å². The molecule has 0 spiro atoms. The monoisotopic (exact) mass is 685 g/mol. The minimum atomic E-state index is -0.581. The van der Waals surface area contributed by atoms with E-state index in [2.05, 4.69) is 19.2 Å². The topological polar surface area (TPSA) is 135 Å². The number of carbonyl (C=O) groups is 4. The number of rotatable bonds is 17. The molecule has 0 aliphatic carbocycles. The first-order valence-electron chi connectivity index (χ1n) is 17.3. The van der Waals surface area contributed by atoms with Gasteiger partial charge < -0.3 is 35.2 Å². The molecule has 0 aromatic heterocycles. The summed E-state index contributed by atoms with van der Waals surface area (Å²) in [4.78, 5) is 57.8.